The van der Waals surface area contributed by atoms with Crippen molar-refractivity contribution in [1.82, 2.24) is 10.3 Å². The van der Waals surface area contributed by atoms with Crippen LogP contribution in [0.4, 0.5) is 17.1 Å². The van der Waals surface area contributed by atoms with E-state index in [1.54, 1.807) is 6.07 Å². The highest BCUT2D eigenvalue weighted by Crippen LogP contribution is 2.36. The Labute approximate surface area is 113 Å². The van der Waals surface area contributed by atoms with Crippen LogP contribution < -0.4 is 20.5 Å². The zero-order chi connectivity index (χ0) is 13.5. The number of fused-ring (bicyclic) bond motifs is 2. The lowest BCUT2D eigenvalue weighted by Crippen LogP contribution is -1.94. The van der Waals surface area contributed by atoms with Crippen molar-refractivity contribution in [3.05, 3.63) is 30.3 Å². The Morgan fingerprint density at radius 1 is 1.00 bits per heavy atom. The Morgan fingerprint density at radius 3 is 2.80 bits per heavy atom. The minimum absolute atomic E-state index is 0.248. The lowest BCUT2D eigenvalue weighted by atomic mass is 10.2. The number of nitrogens with zero attached hydrogens (tertiary/aromatic N) is 2. The van der Waals surface area contributed by atoms with Crippen LogP contribution in [-0.2, 0) is 0 Å². The van der Waals surface area contributed by atoms with Gasteiger partial charge in [-0.2, -0.15) is 0 Å². The Morgan fingerprint density at radius 2 is 1.85 bits per heavy atom. The number of nitrogens with two attached hydrogens (primary N) is 1. The molecule has 7 heteroatoms. The van der Waals surface area contributed by atoms with Crippen LogP contribution in [0.15, 0.2) is 35.0 Å². The smallest absolute Gasteiger partial charge is 0.231 e. The van der Waals surface area contributed by atoms with Crippen molar-refractivity contribution in [3.63, 3.8) is 0 Å². The first kappa shape index (κ1) is 10.9. The van der Waals surface area contributed by atoms with Gasteiger partial charge in [0.1, 0.15) is 0 Å². The first-order chi connectivity index (χ1) is 9.81. The minimum atomic E-state index is 0.248. The van der Waals surface area contributed by atoms with Crippen LogP contribution in [0.1, 0.15) is 0 Å². The van der Waals surface area contributed by atoms with Crippen molar-refractivity contribution >= 4 is 28.1 Å². The van der Waals surface area contributed by atoms with Crippen LogP contribution >= 0.6 is 0 Å². The molecule has 1 aromatic heterocycles. The number of aromatic nitrogens is 2. The van der Waals surface area contributed by atoms with Crippen molar-refractivity contribution in [1.29, 1.82) is 0 Å². The van der Waals surface area contributed by atoms with E-state index in [9.17, 15) is 0 Å². The predicted molar refractivity (Wildman–Crippen MR) is 72.1 cm³/mol. The summed E-state index contributed by atoms with van der Waals surface area (Å²) in [6.07, 6.45) is 0. The predicted octanol–water partition coefficient (Wildman–Crippen LogP) is 2.28. The number of rotatable bonds is 2. The van der Waals surface area contributed by atoms with E-state index in [1.807, 2.05) is 24.3 Å². The van der Waals surface area contributed by atoms with Gasteiger partial charge in [-0.1, -0.05) is 0 Å². The van der Waals surface area contributed by atoms with Gasteiger partial charge in [-0.05, 0) is 34.6 Å². The number of nitrogens with one attached hydrogen (secondary N) is 1. The van der Waals surface area contributed by atoms with E-state index in [2.05, 4.69) is 15.6 Å². The first-order valence-electron chi connectivity index (χ1n) is 5.99. The van der Waals surface area contributed by atoms with E-state index in [0.29, 0.717) is 22.5 Å². The third-order valence-electron chi connectivity index (χ3n) is 3.10. The van der Waals surface area contributed by atoms with Crippen LogP contribution in [-0.4, -0.2) is 17.1 Å². The maximum absolute atomic E-state index is 5.81. The molecule has 0 bridgehead atoms. The molecule has 3 aromatic rings. The molecule has 1 aliphatic heterocycles. The van der Waals surface area contributed by atoms with Crippen LogP contribution in [0.5, 0.6) is 11.5 Å². The lowest BCUT2D eigenvalue weighted by molar-refractivity contribution is 0.174. The molecule has 4 rings (SSSR count). The molecule has 0 saturated carbocycles. The topological polar surface area (TPSA) is 95.4 Å². The van der Waals surface area contributed by atoms with Crippen molar-refractivity contribution in [2.24, 2.45) is 0 Å². The summed E-state index contributed by atoms with van der Waals surface area (Å²) < 4.78 is 15.3. The van der Waals surface area contributed by atoms with Gasteiger partial charge in [0.25, 0.3) is 0 Å². The van der Waals surface area contributed by atoms with Crippen molar-refractivity contribution in [3.8, 4) is 11.5 Å². The number of hydrogen-bond donors (Lipinski definition) is 2. The van der Waals surface area contributed by atoms with Gasteiger partial charge < -0.3 is 20.5 Å². The van der Waals surface area contributed by atoms with E-state index in [1.165, 1.54) is 0 Å². The highest BCUT2D eigenvalue weighted by Gasteiger charge is 2.15. The number of anilines is 3. The third kappa shape index (κ3) is 1.60. The highest BCUT2D eigenvalue weighted by atomic mass is 16.7. The van der Waals surface area contributed by atoms with Gasteiger partial charge in [0.15, 0.2) is 22.5 Å². The third-order valence-corrected chi connectivity index (χ3v) is 3.10. The second-order valence-corrected chi connectivity index (χ2v) is 4.36. The number of nitrogen functional groups attached to an aromatic ring is 1. The van der Waals surface area contributed by atoms with E-state index < -0.39 is 0 Å². The monoisotopic (exact) mass is 270 g/mol. The van der Waals surface area contributed by atoms with E-state index >= 15 is 0 Å². The zero-order valence-electron chi connectivity index (χ0n) is 10.3. The lowest BCUT2D eigenvalue weighted by Gasteiger charge is -2.07. The minimum Gasteiger partial charge on any atom is -0.454 e. The molecule has 7 nitrogen and oxygen atoms in total. The average molecular weight is 270 g/mol. The zero-order valence-corrected chi connectivity index (χ0v) is 10.3. The molecule has 0 atom stereocenters. The molecule has 100 valence electrons. The van der Waals surface area contributed by atoms with E-state index in [-0.39, 0.29) is 6.79 Å². The summed E-state index contributed by atoms with van der Waals surface area (Å²) in [6, 6.07) is 9.18. The van der Waals surface area contributed by atoms with E-state index in [4.69, 9.17) is 19.8 Å². The Hall–Kier alpha value is -2.96. The Bertz CT molecular complexity index is 799. The molecule has 2 aromatic carbocycles. The molecule has 0 spiro atoms. The van der Waals surface area contributed by atoms with Crippen LogP contribution in [0.3, 0.4) is 0 Å². The second kappa shape index (κ2) is 4.02. The summed E-state index contributed by atoms with van der Waals surface area (Å²) in [5, 5.41) is 10.9. The van der Waals surface area contributed by atoms with Gasteiger partial charge in [0, 0.05) is 11.8 Å². The summed E-state index contributed by atoms with van der Waals surface area (Å²) in [4.78, 5) is 0. The molecule has 1 aliphatic rings. The van der Waals surface area contributed by atoms with Gasteiger partial charge in [-0.25, -0.2) is 4.63 Å². The fourth-order valence-electron chi connectivity index (χ4n) is 2.12. The SMILES string of the molecule is Nc1ccc(Nc2ccc3c(c2)OCO3)c2nonc12. The van der Waals surface area contributed by atoms with Gasteiger partial charge >= 0.3 is 0 Å². The molecule has 0 unspecified atom stereocenters. The normalized spacial score (nSPS) is 12.8. The molecule has 0 saturated heterocycles. The second-order valence-electron chi connectivity index (χ2n) is 4.36. The largest absolute Gasteiger partial charge is 0.454 e. The van der Waals surface area contributed by atoms with Crippen LogP contribution in [0.2, 0.25) is 0 Å². The van der Waals surface area contributed by atoms with Crippen LogP contribution in [0, 0.1) is 0 Å². The summed E-state index contributed by atoms with van der Waals surface area (Å²) in [7, 11) is 0. The average Bonchev–Trinajstić information content (AvgIpc) is 3.10. The van der Waals surface area contributed by atoms with Crippen LogP contribution in [0.25, 0.3) is 11.0 Å². The Balaban J connectivity index is 1.74. The maximum Gasteiger partial charge on any atom is 0.231 e. The molecule has 0 amide bonds. The molecule has 3 N–H and O–H groups in total. The molecular formula is C13H10N4O3. The molecule has 2 heterocycles. The van der Waals surface area contributed by atoms with Crippen molar-refractivity contribution in [2.45, 2.75) is 0 Å². The van der Waals surface area contributed by atoms with Crippen molar-refractivity contribution in [2.75, 3.05) is 17.8 Å². The molecule has 0 radical (unpaired) electrons. The number of benzene rings is 2. The molecule has 0 aliphatic carbocycles. The summed E-state index contributed by atoms with van der Waals surface area (Å²) >= 11 is 0. The van der Waals surface area contributed by atoms with Gasteiger partial charge in [-0.3, -0.25) is 0 Å². The molecule has 0 fully saturated rings. The fourth-order valence-corrected chi connectivity index (χ4v) is 2.12. The number of hydrogen-bond acceptors (Lipinski definition) is 7. The summed E-state index contributed by atoms with van der Waals surface area (Å²) in [5.41, 5.74) is 9.07. The molecular weight excluding hydrogens is 260 g/mol. The Kier molecular flexibility index (Phi) is 2.19. The van der Waals surface area contributed by atoms with E-state index in [0.717, 1.165) is 17.1 Å². The quantitative estimate of drug-likeness (QED) is 0.689. The summed E-state index contributed by atoms with van der Waals surface area (Å²) in [6.45, 7) is 0.248. The maximum atomic E-state index is 5.81. The highest BCUT2D eigenvalue weighted by molar-refractivity contribution is 5.96. The standard InChI is InChI=1S/C13H10N4O3/c14-8-2-3-9(13-12(8)16-20-17-13)15-7-1-4-10-11(5-7)19-6-18-10/h1-5,15H,6,14H2. The van der Waals surface area contributed by atoms with Gasteiger partial charge in [-0.15, -0.1) is 0 Å². The molecule has 20 heavy (non-hydrogen) atoms. The van der Waals surface area contributed by atoms with Crippen molar-refractivity contribution < 1.29 is 14.1 Å². The van der Waals surface area contributed by atoms with Gasteiger partial charge in [0.2, 0.25) is 6.79 Å². The fraction of sp³-hybridized carbons (Fsp3) is 0.0769. The summed E-state index contributed by atoms with van der Waals surface area (Å²) in [5.74, 6) is 1.45. The first-order valence-corrected chi connectivity index (χ1v) is 5.99. The van der Waals surface area contributed by atoms with Gasteiger partial charge in [0.05, 0.1) is 11.4 Å². The number of ether oxygens (including phenoxy) is 2.